The molecule has 7 nitrogen and oxygen atoms in total. The summed E-state index contributed by atoms with van der Waals surface area (Å²) in [6, 6.07) is 21.0. The quantitative estimate of drug-likeness (QED) is 0.394. The molecule has 0 radical (unpaired) electrons. The molecule has 0 unspecified atom stereocenters. The summed E-state index contributed by atoms with van der Waals surface area (Å²) in [5.41, 5.74) is 3.26. The van der Waals surface area contributed by atoms with Gasteiger partial charge in [0, 0.05) is 29.8 Å². The number of hydrogen-bond donors (Lipinski definition) is 1. The van der Waals surface area contributed by atoms with Gasteiger partial charge in [0.1, 0.15) is 0 Å². The average Bonchev–Trinajstić information content (AvgIpc) is 3.42. The lowest BCUT2D eigenvalue weighted by Gasteiger charge is -2.22. The number of nitrogens with zero attached hydrogens (tertiary/aromatic N) is 2. The van der Waals surface area contributed by atoms with Crippen molar-refractivity contribution in [1.82, 2.24) is 9.21 Å². The molecule has 3 aromatic carbocycles. The summed E-state index contributed by atoms with van der Waals surface area (Å²) in [6.07, 6.45) is 2.42. The highest BCUT2D eigenvalue weighted by atomic mass is 79.9. The van der Waals surface area contributed by atoms with Gasteiger partial charge in [0.2, 0.25) is 21.8 Å². The largest absolute Gasteiger partial charge is 0.342 e. The van der Waals surface area contributed by atoms with E-state index < -0.39 is 15.9 Å². The fraction of sp³-hybridized carbons (Fsp3) is 0.286. The Balaban J connectivity index is 1.45. The Morgan fingerprint density at radius 2 is 1.49 bits per heavy atom. The molecule has 2 amide bonds. The minimum Gasteiger partial charge on any atom is -0.342 e. The van der Waals surface area contributed by atoms with E-state index in [-0.39, 0.29) is 23.9 Å². The summed E-state index contributed by atoms with van der Waals surface area (Å²) in [4.78, 5) is 27.3. The van der Waals surface area contributed by atoms with E-state index in [0.29, 0.717) is 12.1 Å². The molecule has 1 N–H and O–H groups in total. The molecule has 0 saturated carbocycles. The number of carbonyl (C=O) groups is 2. The van der Waals surface area contributed by atoms with Crippen molar-refractivity contribution in [2.75, 3.05) is 25.0 Å². The van der Waals surface area contributed by atoms with Crippen molar-refractivity contribution in [3.63, 3.8) is 0 Å². The molecule has 9 heteroatoms. The first-order valence-corrected chi connectivity index (χ1v) is 14.4. The van der Waals surface area contributed by atoms with Crippen molar-refractivity contribution in [3.05, 3.63) is 94.0 Å². The van der Waals surface area contributed by atoms with E-state index >= 15 is 0 Å². The van der Waals surface area contributed by atoms with Crippen LogP contribution in [0.2, 0.25) is 0 Å². The minimum absolute atomic E-state index is 0.0592. The topological polar surface area (TPSA) is 86.8 Å². The van der Waals surface area contributed by atoms with Crippen molar-refractivity contribution < 1.29 is 18.0 Å². The van der Waals surface area contributed by atoms with Gasteiger partial charge in [-0.05, 0) is 67.3 Å². The van der Waals surface area contributed by atoms with Crippen LogP contribution in [0.1, 0.15) is 29.5 Å². The van der Waals surface area contributed by atoms with Gasteiger partial charge in [-0.15, -0.1) is 0 Å². The molecule has 1 heterocycles. The summed E-state index contributed by atoms with van der Waals surface area (Å²) in [5, 5.41) is 2.79. The van der Waals surface area contributed by atoms with Gasteiger partial charge in [-0.1, -0.05) is 57.9 Å². The lowest BCUT2D eigenvalue weighted by atomic mass is 10.1. The van der Waals surface area contributed by atoms with E-state index in [0.717, 1.165) is 47.1 Å². The smallest absolute Gasteiger partial charge is 0.243 e. The summed E-state index contributed by atoms with van der Waals surface area (Å²) in [7, 11) is -3.93. The second kappa shape index (κ2) is 12.0. The van der Waals surface area contributed by atoms with Gasteiger partial charge in [-0.2, -0.15) is 4.31 Å². The fourth-order valence-electron chi connectivity index (χ4n) is 4.20. The molecule has 0 aliphatic carbocycles. The lowest BCUT2D eigenvalue weighted by molar-refractivity contribution is -0.129. The number of benzene rings is 3. The Hall–Kier alpha value is -3.01. The van der Waals surface area contributed by atoms with Gasteiger partial charge in [0.05, 0.1) is 17.9 Å². The minimum atomic E-state index is -3.93. The fourth-order valence-corrected chi connectivity index (χ4v) is 5.85. The van der Waals surface area contributed by atoms with Crippen LogP contribution in [-0.2, 0) is 32.6 Å². The van der Waals surface area contributed by atoms with Crippen molar-refractivity contribution >= 4 is 43.5 Å². The third kappa shape index (κ3) is 7.28. The predicted octanol–water partition coefficient (Wildman–Crippen LogP) is 4.75. The van der Waals surface area contributed by atoms with Crippen molar-refractivity contribution in [1.29, 1.82) is 0 Å². The van der Waals surface area contributed by atoms with Gasteiger partial charge in [0.15, 0.2) is 0 Å². The summed E-state index contributed by atoms with van der Waals surface area (Å²) in [5.74, 6) is -0.340. The number of anilines is 1. The number of halogens is 1. The third-order valence-electron chi connectivity index (χ3n) is 6.30. The number of nitrogens with one attached hydrogen (secondary N) is 1. The molecular weight excluding hydrogens is 554 g/mol. The van der Waals surface area contributed by atoms with Crippen molar-refractivity contribution in [3.8, 4) is 0 Å². The SMILES string of the molecule is Cc1ccc(CN(CC(=O)Nc2ccc(CC(=O)N3CCCC3)cc2)S(=O)(=O)c2ccc(Br)cc2)cc1. The number of likely N-dealkylation sites (tertiary alicyclic amines) is 1. The standard InChI is InChI=1S/C28H30BrN3O4S/c1-21-4-6-23(7-5-21)19-32(37(35,36)26-14-10-24(29)11-15-26)20-27(33)30-25-12-8-22(9-13-25)18-28(34)31-16-2-3-17-31/h4-15H,2-3,16-20H2,1H3,(H,30,33). The van der Waals surface area contributed by atoms with Gasteiger partial charge >= 0.3 is 0 Å². The van der Waals surface area contributed by atoms with E-state index in [4.69, 9.17) is 0 Å². The average molecular weight is 585 g/mol. The van der Waals surface area contributed by atoms with Crippen LogP contribution in [0.3, 0.4) is 0 Å². The lowest BCUT2D eigenvalue weighted by Crippen LogP contribution is -2.37. The Bertz CT molecular complexity index is 1340. The Morgan fingerprint density at radius 1 is 0.892 bits per heavy atom. The molecule has 194 valence electrons. The maximum atomic E-state index is 13.5. The van der Waals surface area contributed by atoms with Gasteiger partial charge < -0.3 is 10.2 Å². The zero-order valence-electron chi connectivity index (χ0n) is 20.7. The zero-order chi connectivity index (χ0) is 26.4. The number of hydrogen-bond acceptors (Lipinski definition) is 4. The van der Waals surface area contributed by atoms with Gasteiger partial charge in [-0.3, -0.25) is 9.59 Å². The van der Waals surface area contributed by atoms with Crippen molar-refractivity contribution in [2.24, 2.45) is 0 Å². The monoisotopic (exact) mass is 583 g/mol. The molecule has 0 spiro atoms. The van der Waals surface area contributed by atoms with Crippen LogP contribution in [0.5, 0.6) is 0 Å². The highest BCUT2D eigenvalue weighted by molar-refractivity contribution is 9.10. The van der Waals surface area contributed by atoms with Gasteiger partial charge in [-0.25, -0.2) is 8.42 Å². The van der Waals surface area contributed by atoms with Gasteiger partial charge in [0.25, 0.3) is 0 Å². The first-order valence-electron chi connectivity index (χ1n) is 12.2. The predicted molar refractivity (Wildman–Crippen MR) is 148 cm³/mol. The molecule has 0 aromatic heterocycles. The molecule has 0 atom stereocenters. The third-order valence-corrected chi connectivity index (χ3v) is 8.64. The van der Waals surface area contributed by atoms with Crippen LogP contribution < -0.4 is 5.32 Å². The van der Waals surface area contributed by atoms with Crippen LogP contribution >= 0.6 is 15.9 Å². The van der Waals surface area contributed by atoms with E-state index in [1.54, 1.807) is 24.3 Å². The van der Waals surface area contributed by atoms with Crippen LogP contribution in [0, 0.1) is 6.92 Å². The molecule has 37 heavy (non-hydrogen) atoms. The second-order valence-corrected chi connectivity index (χ2v) is 12.1. The summed E-state index contributed by atoms with van der Waals surface area (Å²) in [6.45, 7) is 3.30. The molecule has 0 bridgehead atoms. The Labute approximate surface area is 226 Å². The molecule has 1 fully saturated rings. The normalized spacial score (nSPS) is 13.6. The highest BCUT2D eigenvalue weighted by Gasteiger charge is 2.27. The van der Waals surface area contributed by atoms with E-state index in [9.17, 15) is 18.0 Å². The Kier molecular flexibility index (Phi) is 8.79. The number of amides is 2. The van der Waals surface area contributed by atoms with E-state index in [1.807, 2.05) is 48.2 Å². The van der Waals surface area contributed by atoms with Crippen LogP contribution in [0.25, 0.3) is 0 Å². The molecule has 1 aliphatic rings. The van der Waals surface area contributed by atoms with Crippen LogP contribution in [-0.4, -0.2) is 49.1 Å². The summed E-state index contributed by atoms with van der Waals surface area (Å²) < 4.78 is 28.9. The molecule has 3 aromatic rings. The zero-order valence-corrected chi connectivity index (χ0v) is 23.1. The number of carbonyl (C=O) groups excluding carboxylic acids is 2. The maximum Gasteiger partial charge on any atom is 0.243 e. The molecule has 4 rings (SSSR count). The number of rotatable bonds is 9. The molecule has 1 saturated heterocycles. The number of sulfonamides is 1. The first kappa shape index (κ1) is 27.0. The van der Waals surface area contributed by atoms with Crippen molar-refractivity contribution in [2.45, 2.75) is 37.6 Å². The number of aryl methyl sites for hydroxylation is 1. The van der Waals surface area contributed by atoms with Crippen LogP contribution in [0.4, 0.5) is 5.69 Å². The Morgan fingerprint density at radius 3 is 2.11 bits per heavy atom. The van der Waals surface area contributed by atoms with E-state index in [2.05, 4.69) is 21.2 Å². The maximum absolute atomic E-state index is 13.5. The summed E-state index contributed by atoms with van der Waals surface area (Å²) >= 11 is 3.33. The molecule has 1 aliphatic heterocycles. The first-order chi connectivity index (χ1) is 17.7. The second-order valence-electron chi connectivity index (χ2n) is 9.22. The molecular formula is C28H30BrN3O4S. The highest BCUT2D eigenvalue weighted by Crippen LogP contribution is 2.21. The van der Waals surface area contributed by atoms with E-state index in [1.165, 1.54) is 16.4 Å². The van der Waals surface area contributed by atoms with Crippen LogP contribution in [0.15, 0.2) is 82.2 Å².